The third-order valence-electron chi connectivity index (χ3n) is 3.69. The predicted molar refractivity (Wildman–Crippen MR) is 81.5 cm³/mol. The molecule has 112 valence electrons. The van der Waals surface area contributed by atoms with Gasteiger partial charge in [0.1, 0.15) is 5.54 Å². The Morgan fingerprint density at radius 3 is 2.76 bits per heavy atom. The average molecular weight is 308 g/mol. The summed E-state index contributed by atoms with van der Waals surface area (Å²) in [6.45, 7) is 5.35. The van der Waals surface area contributed by atoms with Crippen LogP contribution >= 0.6 is 11.6 Å². The number of piperazine rings is 1. The number of nitrogens with zero attached hydrogens (tertiary/aromatic N) is 3. The third kappa shape index (κ3) is 2.74. The molecule has 0 aliphatic carbocycles. The Bertz CT molecular complexity index is 621. The summed E-state index contributed by atoms with van der Waals surface area (Å²) in [5, 5.41) is 7.92. The van der Waals surface area contributed by atoms with Crippen LogP contribution in [0, 0.1) is 0 Å². The van der Waals surface area contributed by atoms with Crippen LogP contribution in [0.1, 0.15) is 18.4 Å². The van der Waals surface area contributed by atoms with E-state index < -0.39 is 5.54 Å². The predicted octanol–water partition coefficient (Wildman–Crippen LogP) is 1.35. The van der Waals surface area contributed by atoms with Gasteiger partial charge in [-0.25, -0.2) is 0 Å². The molecule has 1 fully saturated rings. The number of nitrogens with two attached hydrogens (primary N) is 1. The molecule has 1 atom stereocenters. The van der Waals surface area contributed by atoms with Crippen molar-refractivity contribution in [3.63, 3.8) is 0 Å². The van der Waals surface area contributed by atoms with Crippen LogP contribution in [0.2, 0.25) is 5.02 Å². The molecule has 1 aliphatic heterocycles. The normalized spacial score (nSPS) is 18.5. The Balaban J connectivity index is 1.89. The lowest BCUT2D eigenvalue weighted by atomic mass is 9.93. The van der Waals surface area contributed by atoms with Gasteiger partial charge in [0.05, 0.1) is 0 Å². The summed E-state index contributed by atoms with van der Waals surface area (Å²) < 4.78 is 5.39. The first kappa shape index (κ1) is 14.3. The molecule has 1 saturated heterocycles. The molecule has 6 nitrogen and oxygen atoms in total. The molecule has 0 saturated carbocycles. The number of rotatable bonds is 3. The Hall–Kier alpha value is -1.63. The number of benzene rings is 1. The van der Waals surface area contributed by atoms with Crippen LogP contribution in [0.4, 0.5) is 5.95 Å². The van der Waals surface area contributed by atoms with Crippen molar-refractivity contribution in [3.8, 4) is 0 Å². The van der Waals surface area contributed by atoms with Crippen LogP contribution in [0.25, 0.3) is 0 Å². The summed E-state index contributed by atoms with van der Waals surface area (Å²) in [6.07, 6.45) is 0. The second-order valence-corrected chi connectivity index (χ2v) is 5.73. The van der Waals surface area contributed by atoms with Gasteiger partial charge in [0.15, 0.2) is 0 Å². The van der Waals surface area contributed by atoms with Crippen molar-refractivity contribution in [2.24, 2.45) is 5.73 Å². The lowest BCUT2D eigenvalue weighted by Crippen LogP contribution is -2.44. The zero-order valence-corrected chi connectivity index (χ0v) is 12.6. The molecule has 1 aliphatic rings. The molecular weight excluding hydrogens is 290 g/mol. The standard InChI is InChI=1S/C14H18ClN5O/c1-14(16,10-4-2-3-5-11(10)15)12-18-13(19-21-12)20-8-6-17-7-9-20/h2-5,17H,6-9,16H2,1H3. The Kier molecular flexibility index (Phi) is 3.84. The molecule has 1 aromatic carbocycles. The van der Waals surface area contributed by atoms with E-state index in [1.165, 1.54) is 0 Å². The van der Waals surface area contributed by atoms with Crippen molar-refractivity contribution in [1.29, 1.82) is 0 Å². The maximum Gasteiger partial charge on any atom is 0.266 e. The van der Waals surface area contributed by atoms with Gasteiger partial charge in [-0.3, -0.25) is 0 Å². The Labute approximate surface area is 128 Å². The van der Waals surface area contributed by atoms with E-state index in [1.54, 1.807) is 6.07 Å². The highest BCUT2D eigenvalue weighted by Gasteiger charge is 2.33. The lowest BCUT2D eigenvalue weighted by molar-refractivity contribution is 0.324. The summed E-state index contributed by atoms with van der Waals surface area (Å²) in [5.41, 5.74) is 6.24. The zero-order valence-electron chi connectivity index (χ0n) is 11.8. The van der Waals surface area contributed by atoms with Gasteiger partial charge >= 0.3 is 0 Å². The molecule has 2 heterocycles. The van der Waals surface area contributed by atoms with E-state index in [-0.39, 0.29) is 0 Å². The molecule has 3 rings (SSSR count). The van der Waals surface area contributed by atoms with E-state index in [1.807, 2.05) is 25.1 Å². The second-order valence-electron chi connectivity index (χ2n) is 5.32. The molecule has 7 heteroatoms. The molecule has 21 heavy (non-hydrogen) atoms. The summed E-state index contributed by atoms with van der Waals surface area (Å²) in [4.78, 5) is 6.54. The number of nitrogens with one attached hydrogen (secondary N) is 1. The van der Waals surface area contributed by atoms with Gasteiger partial charge < -0.3 is 20.5 Å². The van der Waals surface area contributed by atoms with Crippen LogP contribution in [0.5, 0.6) is 0 Å². The highest BCUT2D eigenvalue weighted by Crippen LogP contribution is 2.31. The van der Waals surface area contributed by atoms with Crippen LogP contribution in [-0.2, 0) is 5.54 Å². The number of aromatic nitrogens is 2. The Morgan fingerprint density at radius 1 is 1.33 bits per heavy atom. The van der Waals surface area contributed by atoms with E-state index >= 15 is 0 Å². The van der Waals surface area contributed by atoms with Gasteiger partial charge in [-0.2, -0.15) is 4.98 Å². The summed E-state index contributed by atoms with van der Waals surface area (Å²) in [7, 11) is 0. The molecule has 1 aromatic heterocycles. The minimum Gasteiger partial charge on any atom is -0.336 e. The molecule has 0 bridgehead atoms. The second kappa shape index (κ2) is 5.63. The average Bonchev–Trinajstić information content (AvgIpc) is 2.99. The monoisotopic (exact) mass is 307 g/mol. The SMILES string of the molecule is CC(N)(c1nc(N2CCNCC2)no1)c1ccccc1Cl. The summed E-state index contributed by atoms with van der Waals surface area (Å²) in [5.74, 6) is 0.944. The fraction of sp³-hybridized carbons (Fsp3) is 0.429. The van der Waals surface area contributed by atoms with Crippen molar-refractivity contribution >= 4 is 17.5 Å². The minimum atomic E-state index is -0.919. The molecule has 3 N–H and O–H groups in total. The van der Waals surface area contributed by atoms with Gasteiger partial charge in [-0.1, -0.05) is 29.8 Å². The van der Waals surface area contributed by atoms with E-state index in [4.69, 9.17) is 21.9 Å². The molecule has 2 aromatic rings. The smallest absolute Gasteiger partial charge is 0.266 e. The third-order valence-corrected chi connectivity index (χ3v) is 4.02. The maximum absolute atomic E-state index is 6.39. The van der Waals surface area contributed by atoms with E-state index in [0.717, 1.165) is 31.7 Å². The highest BCUT2D eigenvalue weighted by atomic mass is 35.5. The fourth-order valence-corrected chi connectivity index (χ4v) is 2.75. The maximum atomic E-state index is 6.39. The summed E-state index contributed by atoms with van der Waals surface area (Å²) >= 11 is 6.23. The van der Waals surface area contributed by atoms with Crippen molar-refractivity contribution in [2.75, 3.05) is 31.1 Å². The topological polar surface area (TPSA) is 80.2 Å². The van der Waals surface area contributed by atoms with Gasteiger partial charge in [0.2, 0.25) is 0 Å². The zero-order chi connectivity index (χ0) is 14.9. The van der Waals surface area contributed by atoms with Gasteiger partial charge in [0, 0.05) is 31.2 Å². The first-order valence-electron chi connectivity index (χ1n) is 6.93. The van der Waals surface area contributed by atoms with Crippen LogP contribution in [-0.4, -0.2) is 36.3 Å². The highest BCUT2D eigenvalue weighted by molar-refractivity contribution is 6.31. The fourth-order valence-electron chi connectivity index (χ4n) is 2.42. The number of hydrogen-bond donors (Lipinski definition) is 2. The van der Waals surface area contributed by atoms with Crippen molar-refractivity contribution in [3.05, 3.63) is 40.7 Å². The van der Waals surface area contributed by atoms with E-state index in [0.29, 0.717) is 16.9 Å². The lowest BCUT2D eigenvalue weighted by Gasteiger charge is -2.25. The largest absolute Gasteiger partial charge is 0.336 e. The van der Waals surface area contributed by atoms with Crippen molar-refractivity contribution in [2.45, 2.75) is 12.5 Å². The first-order valence-corrected chi connectivity index (χ1v) is 7.30. The molecule has 0 radical (unpaired) electrons. The first-order chi connectivity index (χ1) is 10.1. The Morgan fingerprint density at radius 2 is 2.05 bits per heavy atom. The number of halogens is 1. The minimum absolute atomic E-state index is 0.365. The van der Waals surface area contributed by atoms with Crippen LogP contribution in [0.3, 0.4) is 0 Å². The number of anilines is 1. The number of hydrogen-bond acceptors (Lipinski definition) is 6. The van der Waals surface area contributed by atoms with Crippen molar-refractivity contribution in [1.82, 2.24) is 15.5 Å². The van der Waals surface area contributed by atoms with Gasteiger partial charge in [-0.05, 0) is 23.7 Å². The van der Waals surface area contributed by atoms with Crippen LogP contribution < -0.4 is 16.0 Å². The van der Waals surface area contributed by atoms with Gasteiger partial charge in [0.25, 0.3) is 11.8 Å². The van der Waals surface area contributed by atoms with E-state index in [9.17, 15) is 0 Å². The molecule has 0 spiro atoms. The molecular formula is C14H18ClN5O. The quantitative estimate of drug-likeness (QED) is 0.891. The van der Waals surface area contributed by atoms with Gasteiger partial charge in [-0.15, -0.1) is 0 Å². The molecule has 0 amide bonds. The van der Waals surface area contributed by atoms with Crippen LogP contribution in [0.15, 0.2) is 28.8 Å². The summed E-state index contributed by atoms with van der Waals surface area (Å²) in [6, 6.07) is 7.43. The van der Waals surface area contributed by atoms with Crippen molar-refractivity contribution < 1.29 is 4.52 Å². The van der Waals surface area contributed by atoms with E-state index in [2.05, 4.69) is 20.4 Å². The molecule has 1 unspecified atom stereocenters.